The van der Waals surface area contributed by atoms with Crippen molar-refractivity contribution < 1.29 is 19.4 Å². The molecule has 1 aliphatic heterocycles. The summed E-state index contributed by atoms with van der Waals surface area (Å²) in [5.74, 6) is -0.818. The number of aliphatic hydroxyl groups is 1. The van der Waals surface area contributed by atoms with Gasteiger partial charge >= 0.3 is 0 Å². The van der Waals surface area contributed by atoms with Crippen molar-refractivity contribution in [3.63, 3.8) is 0 Å². The van der Waals surface area contributed by atoms with Crippen LogP contribution < -0.4 is 9.64 Å². The zero-order chi connectivity index (χ0) is 23.4. The van der Waals surface area contributed by atoms with Gasteiger partial charge in [-0.3, -0.25) is 9.59 Å². The van der Waals surface area contributed by atoms with Crippen LogP contribution in [0.15, 0.2) is 54.1 Å². The number of rotatable bonds is 8. The maximum atomic E-state index is 13.1. The zero-order valence-corrected chi connectivity index (χ0v) is 19.5. The predicted octanol–water partition coefficient (Wildman–Crippen LogP) is 4.76. The molecule has 0 aliphatic carbocycles. The Morgan fingerprint density at radius 3 is 2.41 bits per heavy atom. The molecule has 1 aliphatic rings. The van der Waals surface area contributed by atoms with Crippen molar-refractivity contribution in [3.8, 4) is 5.75 Å². The minimum absolute atomic E-state index is 0.0257. The third kappa shape index (κ3) is 4.79. The number of ketones is 1. The maximum absolute atomic E-state index is 13.1. The first-order valence-electron chi connectivity index (χ1n) is 11.1. The monoisotopic (exact) mass is 436 g/mol. The number of benzene rings is 2. The van der Waals surface area contributed by atoms with Crippen molar-refractivity contribution in [2.45, 2.75) is 45.8 Å². The molecule has 0 spiro atoms. The normalized spacial score (nSPS) is 17.8. The van der Waals surface area contributed by atoms with Crippen molar-refractivity contribution in [2.24, 2.45) is 0 Å². The molecule has 0 saturated carbocycles. The Morgan fingerprint density at radius 1 is 1.12 bits per heavy atom. The Kier molecular flexibility index (Phi) is 7.23. The second-order valence-corrected chi connectivity index (χ2v) is 8.53. The van der Waals surface area contributed by atoms with Crippen molar-refractivity contribution in [2.75, 3.05) is 25.5 Å². The Labute approximate surface area is 190 Å². The molecule has 1 N–H and O–H groups in total. The second-order valence-electron chi connectivity index (χ2n) is 8.53. The molecular formula is C26H32N2O4. The van der Waals surface area contributed by atoms with E-state index in [0.29, 0.717) is 17.9 Å². The second kappa shape index (κ2) is 9.90. The number of carbonyl (C=O) groups is 2. The maximum Gasteiger partial charge on any atom is 0.295 e. The van der Waals surface area contributed by atoms with Crippen molar-refractivity contribution >= 4 is 23.1 Å². The van der Waals surface area contributed by atoms with Crippen molar-refractivity contribution in [1.29, 1.82) is 0 Å². The third-order valence-corrected chi connectivity index (χ3v) is 5.50. The number of hydrogen-bond donors (Lipinski definition) is 1. The molecule has 1 amide bonds. The minimum atomic E-state index is -0.657. The summed E-state index contributed by atoms with van der Waals surface area (Å²) in [6.07, 6.45) is 1.64. The summed E-state index contributed by atoms with van der Waals surface area (Å²) in [6, 6.07) is 14.1. The number of aliphatic hydroxyl groups excluding tert-OH is 1. The SMILES string of the molecule is CCCCN1C(=O)C(=O)/C(=C(\O)c2cccc(OC(C)C)c2)C1c1ccc(N(C)C)cc1. The van der Waals surface area contributed by atoms with Gasteiger partial charge in [0.25, 0.3) is 11.7 Å². The van der Waals surface area contributed by atoms with Gasteiger partial charge < -0.3 is 19.6 Å². The van der Waals surface area contributed by atoms with E-state index in [1.165, 1.54) is 0 Å². The molecule has 0 bridgehead atoms. The molecule has 6 heteroatoms. The molecule has 3 rings (SSSR count). The lowest BCUT2D eigenvalue weighted by atomic mass is 9.95. The number of ether oxygens (including phenoxy) is 1. The highest BCUT2D eigenvalue weighted by Gasteiger charge is 2.45. The van der Waals surface area contributed by atoms with Gasteiger partial charge in [0.1, 0.15) is 11.5 Å². The lowest BCUT2D eigenvalue weighted by Gasteiger charge is -2.26. The van der Waals surface area contributed by atoms with Gasteiger partial charge in [0.2, 0.25) is 0 Å². The van der Waals surface area contributed by atoms with E-state index < -0.39 is 17.7 Å². The molecule has 0 radical (unpaired) electrons. The molecule has 1 saturated heterocycles. The molecule has 170 valence electrons. The summed E-state index contributed by atoms with van der Waals surface area (Å²) in [5, 5.41) is 11.2. The van der Waals surface area contributed by atoms with Crippen molar-refractivity contribution in [3.05, 3.63) is 65.2 Å². The first kappa shape index (κ1) is 23.4. The lowest BCUT2D eigenvalue weighted by Crippen LogP contribution is -2.30. The molecule has 1 heterocycles. The molecule has 32 heavy (non-hydrogen) atoms. The molecule has 1 fully saturated rings. The zero-order valence-electron chi connectivity index (χ0n) is 19.5. The Hall–Kier alpha value is -3.28. The van der Waals surface area contributed by atoms with E-state index in [4.69, 9.17) is 4.74 Å². The van der Waals surface area contributed by atoms with E-state index >= 15 is 0 Å². The van der Waals surface area contributed by atoms with Crippen LogP contribution in [0.4, 0.5) is 5.69 Å². The van der Waals surface area contributed by atoms with Crippen LogP contribution in [0.2, 0.25) is 0 Å². The van der Waals surface area contributed by atoms with Gasteiger partial charge in [-0.2, -0.15) is 0 Å². The largest absolute Gasteiger partial charge is 0.507 e. The van der Waals surface area contributed by atoms with E-state index in [9.17, 15) is 14.7 Å². The van der Waals surface area contributed by atoms with E-state index in [1.54, 1.807) is 29.2 Å². The van der Waals surface area contributed by atoms with Crippen molar-refractivity contribution in [1.82, 2.24) is 4.90 Å². The summed E-state index contributed by atoms with van der Waals surface area (Å²) in [7, 11) is 3.91. The molecule has 6 nitrogen and oxygen atoms in total. The van der Waals surface area contributed by atoms with Crippen LogP contribution in [-0.4, -0.2) is 48.4 Å². The van der Waals surface area contributed by atoms with Gasteiger partial charge in [0.05, 0.1) is 17.7 Å². The fourth-order valence-corrected chi connectivity index (χ4v) is 3.88. The topological polar surface area (TPSA) is 70.1 Å². The number of unbranched alkanes of at least 4 members (excludes halogenated alkanes) is 1. The fourth-order valence-electron chi connectivity index (χ4n) is 3.88. The third-order valence-electron chi connectivity index (χ3n) is 5.50. The van der Waals surface area contributed by atoms with Crippen LogP contribution in [0.3, 0.4) is 0 Å². The van der Waals surface area contributed by atoms with E-state index in [2.05, 4.69) is 0 Å². The van der Waals surface area contributed by atoms with E-state index in [-0.39, 0.29) is 17.4 Å². The average Bonchev–Trinajstić information content (AvgIpc) is 3.01. The molecular weight excluding hydrogens is 404 g/mol. The van der Waals surface area contributed by atoms with Crippen LogP contribution >= 0.6 is 0 Å². The first-order chi connectivity index (χ1) is 15.2. The lowest BCUT2D eigenvalue weighted by molar-refractivity contribution is -0.139. The van der Waals surface area contributed by atoms with Crippen LogP contribution in [0.25, 0.3) is 5.76 Å². The van der Waals surface area contributed by atoms with Gasteiger partial charge in [0, 0.05) is 31.9 Å². The van der Waals surface area contributed by atoms with Crippen LogP contribution in [0, 0.1) is 0 Å². The van der Waals surface area contributed by atoms with Crippen LogP contribution in [0.1, 0.15) is 50.8 Å². The van der Waals surface area contributed by atoms with Gasteiger partial charge in [0.15, 0.2) is 0 Å². The number of anilines is 1. The quantitative estimate of drug-likeness (QED) is 0.367. The number of nitrogens with zero attached hydrogens (tertiary/aromatic N) is 2. The highest BCUT2D eigenvalue weighted by Crippen LogP contribution is 2.40. The Balaban J connectivity index is 2.11. The summed E-state index contributed by atoms with van der Waals surface area (Å²) in [5.41, 5.74) is 2.37. The molecule has 1 unspecified atom stereocenters. The standard InChI is InChI=1S/C26H32N2O4/c1-6-7-15-28-23(18-11-13-20(14-12-18)27(4)5)22(25(30)26(28)31)24(29)19-9-8-10-21(16-19)32-17(2)3/h8-14,16-17,23,29H,6-7,15H2,1-5H3/b24-22-. The van der Waals surface area contributed by atoms with Gasteiger partial charge in [-0.15, -0.1) is 0 Å². The predicted molar refractivity (Wildman–Crippen MR) is 127 cm³/mol. The summed E-state index contributed by atoms with van der Waals surface area (Å²) < 4.78 is 5.74. The average molecular weight is 437 g/mol. The Morgan fingerprint density at radius 2 is 1.81 bits per heavy atom. The summed E-state index contributed by atoms with van der Waals surface area (Å²) in [4.78, 5) is 29.6. The highest BCUT2D eigenvalue weighted by molar-refractivity contribution is 6.46. The van der Waals surface area contributed by atoms with Crippen LogP contribution in [-0.2, 0) is 9.59 Å². The van der Waals surface area contributed by atoms with Gasteiger partial charge in [-0.1, -0.05) is 37.6 Å². The molecule has 1 atom stereocenters. The minimum Gasteiger partial charge on any atom is -0.507 e. The first-order valence-corrected chi connectivity index (χ1v) is 11.1. The fraction of sp³-hybridized carbons (Fsp3) is 0.385. The number of likely N-dealkylation sites (tertiary alicyclic amines) is 1. The van der Waals surface area contributed by atoms with Gasteiger partial charge in [-0.25, -0.2) is 0 Å². The Bertz CT molecular complexity index is 1010. The summed E-state index contributed by atoms with van der Waals surface area (Å²) in [6.45, 7) is 6.33. The number of amides is 1. The summed E-state index contributed by atoms with van der Waals surface area (Å²) >= 11 is 0. The highest BCUT2D eigenvalue weighted by atomic mass is 16.5. The number of Topliss-reactive ketones (excluding diaryl/α,β-unsaturated/α-hetero) is 1. The number of hydrogen-bond acceptors (Lipinski definition) is 5. The van der Waals surface area contributed by atoms with Gasteiger partial charge in [-0.05, 0) is 50.1 Å². The van der Waals surface area contributed by atoms with E-state index in [0.717, 1.165) is 24.1 Å². The van der Waals surface area contributed by atoms with Crippen LogP contribution in [0.5, 0.6) is 5.75 Å². The van der Waals surface area contributed by atoms with E-state index in [1.807, 2.05) is 64.0 Å². The molecule has 0 aromatic heterocycles. The molecule has 2 aromatic rings. The smallest absolute Gasteiger partial charge is 0.295 e. The number of carbonyl (C=O) groups excluding carboxylic acids is 2. The molecule has 2 aromatic carbocycles.